The summed E-state index contributed by atoms with van der Waals surface area (Å²) in [6.45, 7) is 4.07. The fourth-order valence-corrected chi connectivity index (χ4v) is 5.23. The van der Waals surface area contributed by atoms with Gasteiger partial charge in [0, 0.05) is 55.6 Å². The summed E-state index contributed by atoms with van der Waals surface area (Å²) in [5.74, 6) is -0.329. The van der Waals surface area contributed by atoms with Gasteiger partial charge in [-0.25, -0.2) is 0 Å². The first-order valence-electron chi connectivity index (χ1n) is 12.3. The lowest BCUT2D eigenvalue weighted by Gasteiger charge is -2.30. The Balaban J connectivity index is 1.28. The molecule has 2 fully saturated rings. The molecule has 2 saturated heterocycles. The summed E-state index contributed by atoms with van der Waals surface area (Å²) in [7, 11) is 0. The summed E-state index contributed by atoms with van der Waals surface area (Å²) in [6.07, 6.45) is 10.3. The van der Waals surface area contributed by atoms with Gasteiger partial charge >= 0.3 is 0 Å². The van der Waals surface area contributed by atoms with Crippen LogP contribution < -0.4 is 10.6 Å². The molecule has 2 aromatic carbocycles. The molecule has 2 N–H and O–H groups in total. The molecule has 3 aliphatic rings. The quantitative estimate of drug-likeness (QED) is 0.743. The zero-order valence-corrected chi connectivity index (χ0v) is 19.5. The molecule has 1 unspecified atom stereocenters. The van der Waals surface area contributed by atoms with Crippen LogP contribution in [0.25, 0.3) is 11.1 Å². The number of amides is 2. The molecule has 0 bridgehead atoms. The van der Waals surface area contributed by atoms with Crippen molar-refractivity contribution < 1.29 is 9.59 Å². The molecule has 34 heavy (non-hydrogen) atoms. The van der Waals surface area contributed by atoms with Crippen molar-refractivity contribution in [2.24, 2.45) is 5.73 Å². The van der Waals surface area contributed by atoms with E-state index in [1.54, 1.807) is 6.08 Å². The van der Waals surface area contributed by atoms with E-state index in [2.05, 4.69) is 40.1 Å². The van der Waals surface area contributed by atoms with Gasteiger partial charge in [0.1, 0.15) is 0 Å². The number of allylic oxidation sites excluding steroid dienone is 2. The predicted octanol–water partition coefficient (Wildman–Crippen LogP) is 3.80. The summed E-state index contributed by atoms with van der Waals surface area (Å²) in [5.41, 5.74) is 10.2. The lowest BCUT2D eigenvalue weighted by Crippen LogP contribution is -2.39. The molecule has 0 radical (unpaired) electrons. The van der Waals surface area contributed by atoms with Gasteiger partial charge in [0.25, 0.3) is 5.91 Å². The molecule has 2 amide bonds. The topological polar surface area (TPSA) is 69.9 Å². The van der Waals surface area contributed by atoms with E-state index in [4.69, 9.17) is 5.73 Å². The van der Waals surface area contributed by atoms with Crippen LogP contribution in [0, 0.1) is 0 Å². The third kappa shape index (κ3) is 4.72. The highest BCUT2D eigenvalue weighted by molar-refractivity contribution is 5.96. The van der Waals surface area contributed by atoms with Crippen LogP contribution in [-0.2, 0) is 4.79 Å². The number of primary amides is 1. The van der Waals surface area contributed by atoms with Gasteiger partial charge < -0.3 is 20.4 Å². The Hall–Kier alpha value is -3.54. The second-order valence-corrected chi connectivity index (χ2v) is 9.44. The Bertz CT molecular complexity index is 1130. The van der Waals surface area contributed by atoms with Crippen molar-refractivity contribution in [2.45, 2.75) is 31.7 Å². The number of hydrogen-bond donors (Lipinski definition) is 1. The van der Waals surface area contributed by atoms with Gasteiger partial charge in [0.05, 0.1) is 0 Å². The summed E-state index contributed by atoms with van der Waals surface area (Å²) in [4.78, 5) is 31.4. The number of nitrogens with zero attached hydrogens (tertiary/aromatic N) is 3. The third-order valence-corrected chi connectivity index (χ3v) is 7.17. The van der Waals surface area contributed by atoms with Crippen LogP contribution in [0.2, 0.25) is 0 Å². The molecular weight excluding hydrogens is 424 g/mol. The SMILES string of the molecule is NC(=O)C1=CC=CN(C2CCN(C(=O)c3cccc(-c4cccc(N5CCCCC5)c4)c3)C2)C1. The molecule has 1 atom stereocenters. The number of carbonyl (C=O) groups excluding carboxylic acids is 2. The van der Waals surface area contributed by atoms with Crippen molar-refractivity contribution in [2.75, 3.05) is 37.6 Å². The van der Waals surface area contributed by atoms with Gasteiger partial charge in [-0.3, -0.25) is 9.59 Å². The lowest BCUT2D eigenvalue weighted by atomic mass is 10.0. The average molecular weight is 457 g/mol. The minimum atomic E-state index is -0.388. The molecule has 0 saturated carbocycles. The van der Waals surface area contributed by atoms with E-state index in [0.717, 1.165) is 30.6 Å². The van der Waals surface area contributed by atoms with Gasteiger partial charge in [-0.1, -0.05) is 30.3 Å². The highest BCUT2D eigenvalue weighted by Gasteiger charge is 2.31. The Kier molecular flexibility index (Phi) is 6.39. The maximum absolute atomic E-state index is 13.3. The highest BCUT2D eigenvalue weighted by Crippen LogP contribution is 2.28. The lowest BCUT2D eigenvalue weighted by molar-refractivity contribution is -0.114. The number of likely N-dealkylation sites (tertiary alicyclic amines) is 1. The van der Waals surface area contributed by atoms with Crippen LogP contribution in [0.4, 0.5) is 5.69 Å². The Morgan fingerprint density at radius 1 is 0.912 bits per heavy atom. The van der Waals surface area contributed by atoms with E-state index in [1.165, 1.54) is 24.9 Å². The summed E-state index contributed by atoms with van der Waals surface area (Å²) in [6, 6.07) is 16.8. The zero-order valence-electron chi connectivity index (χ0n) is 19.5. The molecule has 0 spiro atoms. The Morgan fingerprint density at radius 3 is 2.47 bits per heavy atom. The zero-order chi connectivity index (χ0) is 23.5. The molecule has 3 aliphatic heterocycles. The van der Waals surface area contributed by atoms with E-state index in [1.807, 2.05) is 35.4 Å². The standard InChI is InChI=1S/C28H32N4O2/c29-27(33)24-10-6-15-31(19-24)26-12-16-32(20-26)28(34)23-9-4-7-21(17-23)22-8-5-11-25(18-22)30-13-2-1-3-14-30/h4-11,15,17-18,26H,1-3,12-14,16,19-20H2,(H2,29,33). The van der Waals surface area contributed by atoms with Gasteiger partial charge in [-0.05, 0) is 73.4 Å². The van der Waals surface area contributed by atoms with Crippen LogP contribution in [0.5, 0.6) is 0 Å². The summed E-state index contributed by atoms with van der Waals surface area (Å²) < 4.78 is 0. The smallest absolute Gasteiger partial charge is 0.253 e. The van der Waals surface area contributed by atoms with Crippen LogP contribution in [0.3, 0.4) is 0 Å². The normalized spacial score (nSPS) is 20.4. The second kappa shape index (κ2) is 9.75. The largest absolute Gasteiger partial charge is 0.372 e. The highest BCUT2D eigenvalue weighted by atomic mass is 16.2. The number of hydrogen-bond acceptors (Lipinski definition) is 4. The van der Waals surface area contributed by atoms with E-state index in [-0.39, 0.29) is 17.9 Å². The molecule has 2 aromatic rings. The van der Waals surface area contributed by atoms with Gasteiger partial charge in [-0.2, -0.15) is 0 Å². The fourth-order valence-electron chi connectivity index (χ4n) is 5.23. The average Bonchev–Trinajstić information content (AvgIpc) is 3.39. The van der Waals surface area contributed by atoms with Crippen LogP contribution in [0.1, 0.15) is 36.0 Å². The summed E-state index contributed by atoms with van der Waals surface area (Å²) >= 11 is 0. The van der Waals surface area contributed by atoms with Crippen molar-refractivity contribution >= 4 is 17.5 Å². The number of anilines is 1. The van der Waals surface area contributed by atoms with Crippen molar-refractivity contribution in [3.63, 3.8) is 0 Å². The minimum Gasteiger partial charge on any atom is -0.372 e. The Labute approximate surface area is 201 Å². The first-order valence-corrected chi connectivity index (χ1v) is 12.3. The van der Waals surface area contributed by atoms with Gasteiger partial charge in [0.2, 0.25) is 5.91 Å². The number of benzene rings is 2. The van der Waals surface area contributed by atoms with Crippen molar-refractivity contribution in [3.8, 4) is 11.1 Å². The monoisotopic (exact) mass is 456 g/mol. The van der Waals surface area contributed by atoms with E-state index in [0.29, 0.717) is 30.8 Å². The van der Waals surface area contributed by atoms with Gasteiger partial charge in [0.15, 0.2) is 0 Å². The third-order valence-electron chi connectivity index (χ3n) is 7.17. The minimum absolute atomic E-state index is 0.0585. The molecule has 0 aliphatic carbocycles. The first-order chi connectivity index (χ1) is 16.6. The second-order valence-electron chi connectivity index (χ2n) is 9.44. The molecule has 6 nitrogen and oxygen atoms in total. The van der Waals surface area contributed by atoms with Crippen LogP contribution in [0.15, 0.2) is 72.5 Å². The number of piperidine rings is 1. The maximum Gasteiger partial charge on any atom is 0.253 e. The van der Waals surface area contributed by atoms with E-state index in [9.17, 15) is 9.59 Å². The van der Waals surface area contributed by atoms with Crippen LogP contribution in [-0.4, -0.2) is 60.4 Å². The number of nitrogens with two attached hydrogens (primary N) is 1. The molecule has 6 heteroatoms. The number of rotatable bonds is 5. The summed E-state index contributed by atoms with van der Waals surface area (Å²) in [5, 5.41) is 0. The predicted molar refractivity (Wildman–Crippen MR) is 135 cm³/mol. The van der Waals surface area contributed by atoms with Crippen molar-refractivity contribution in [1.82, 2.24) is 9.80 Å². The van der Waals surface area contributed by atoms with Crippen molar-refractivity contribution in [3.05, 3.63) is 78.0 Å². The number of carbonyl (C=O) groups is 2. The van der Waals surface area contributed by atoms with E-state index >= 15 is 0 Å². The molecule has 0 aromatic heterocycles. The molecule has 176 valence electrons. The maximum atomic E-state index is 13.3. The Morgan fingerprint density at radius 2 is 1.68 bits per heavy atom. The van der Waals surface area contributed by atoms with Crippen LogP contribution >= 0.6 is 0 Å². The van der Waals surface area contributed by atoms with E-state index < -0.39 is 0 Å². The van der Waals surface area contributed by atoms with Crippen molar-refractivity contribution in [1.29, 1.82) is 0 Å². The molecule has 3 heterocycles. The van der Waals surface area contributed by atoms with Gasteiger partial charge in [-0.15, -0.1) is 0 Å². The fraction of sp³-hybridized carbons (Fsp3) is 0.357. The first kappa shape index (κ1) is 22.3. The molecule has 5 rings (SSSR count). The molecular formula is C28H32N4O2.